The van der Waals surface area contributed by atoms with E-state index in [-0.39, 0.29) is 25.4 Å². The fraction of sp³-hybridized carbons (Fsp3) is 0.607. The summed E-state index contributed by atoms with van der Waals surface area (Å²) in [7, 11) is 0. The summed E-state index contributed by atoms with van der Waals surface area (Å²) >= 11 is 6.30. The molecule has 6 nitrogen and oxygen atoms in total. The number of hydrogen-bond donors (Lipinski definition) is 0. The van der Waals surface area contributed by atoms with Gasteiger partial charge >= 0.3 is 5.97 Å². The Morgan fingerprint density at radius 2 is 1.97 bits per heavy atom. The monoisotopic (exact) mass is 503 g/mol. The fourth-order valence-electron chi connectivity index (χ4n) is 4.80. The molecule has 1 aromatic carbocycles. The first-order valence-corrected chi connectivity index (χ1v) is 12.9. The van der Waals surface area contributed by atoms with Gasteiger partial charge in [0, 0.05) is 35.8 Å². The largest absolute Gasteiger partial charge is 0.464 e. The zero-order chi connectivity index (χ0) is 25.6. The Labute approximate surface area is 213 Å². The molecule has 1 aliphatic carbocycles. The third kappa shape index (κ3) is 8.18. The molecule has 0 spiro atoms. The highest BCUT2D eigenvalue weighted by molar-refractivity contribution is 6.31. The van der Waals surface area contributed by atoms with Crippen molar-refractivity contribution in [3.8, 4) is 0 Å². The lowest BCUT2D eigenvalue weighted by Gasteiger charge is -2.38. The van der Waals surface area contributed by atoms with E-state index in [2.05, 4.69) is 25.9 Å². The first-order valence-electron chi connectivity index (χ1n) is 12.5. The van der Waals surface area contributed by atoms with Crippen LogP contribution in [0.25, 0.3) is 0 Å². The quantitative estimate of drug-likeness (QED) is 0.312. The number of hydrogen-bond acceptors (Lipinski definition) is 6. The lowest BCUT2D eigenvalue weighted by Crippen LogP contribution is -2.26. The number of ether oxygens (including phenoxy) is 2. The number of aromatic nitrogens is 1. The molecule has 7 heteroatoms. The highest BCUT2D eigenvalue weighted by Crippen LogP contribution is 2.48. The molecule has 0 atom stereocenters. The number of ketones is 1. The summed E-state index contributed by atoms with van der Waals surface area (Å²) in [6.07, 6.45) is 4.37. The van der Waals surface area contributed by atoms with Crippen molar-refractivity contribution in [2.75, 3.05) is 13.2 Å². The van der Waals surface area contributed by atoms with E-state index in [0.717, 1.165) is 41.0 Å². The summed E-state index contributed by atoms with van der Waals surface area (Å²) in [5, 5.41) is 4.93. The van der Waals surface area contributed by atoms with Crippen molar-refractivity contribution in [3.05, 3.63) is 51.4 Å². The summed E-state index contributed by atoms with van der Waals surface area (Å²) in [6.45, 7) is 10.9. The molecule has 0 saturated heterocycles. The van der Waals surface area contributed by atoms with Gasteiger partial charge in [0.1, 0.15) is 18.2 Å². The fourth-order valence-corrected chi connectivity index (χ4v) is 5.11. The van der Waals surface area contributed by atoms with Gasteiger partial charge in [0.2, 0.25) is 0 Å². The Balaban J connectivity index is 1.64. The molecule has 1 saturated carbocycles. The number of Topliss-reactive ketones (excluding diaryl/α,β-unsaturated/α-hetero) is 1. The topological polar surface area (TPSA) is 78.6 Å². The number of carbonyl (C=O) groups excluding carboxylic acids is 2. The normalized spacial score (nSPS) is 17.8. The van der Waals surface area contributed by atoms with Gasteiger partial charge in [-0.3, -0.25) is 4.79 Å². The third-order valence-electron chi connectivity index (χ3n) is 6.42. The number of rotatable bonds is 12. The minimum absolute atomic E-state index is 0.0904. The van der Waals surface area contributed by atoms with Crippen molar-refractivity contribution < 1.29 is 23.6 Å². The van der Waals surface area contributed by atoms with Gasteiger partial charge in [-0.1, -0.05) is 49.7 Å². The van der Waals surface area contributed by atoms with Crippen LogP contribution >= 0.6 is 11.6 Å². The molecule has 0 N–H and O–H groups in total. The van der Waals surface area contributed by atoms with Crippen molar-refractivity contribution in [2.45, 2.75) is 85.7 Å². The summed E-state index contributed by atoms with van der Waals surface area (Å²) in [5.74, 6) is 1.50. The lowest BCUT2D eigenvalue weighted by atomic mass is 9.67. The predicted octanol–water partition coefficient (Wildman–Crippen LogP) is 6.39. The highest BCUT2D eigenvalue weighted by atomic mass is 35.5. The molecule has 1 fully saturated rings. The summed E-state index contributed by atoms with van der Waals surface area (Å²) < 4.78 is 16.4. The van der Waals surface area contributed by atoms with Crippen LogP contribution < -0.4 is 0 Å². The van der Waals surface area contributed by atoms with Gasteiger partial charge < -0.3 is 14.0 Å². The molecular weight excluding hydrogens is 466 g/mol. The molecule has 0 amide bonds. The molecule has 0 aliphatic heterocycles. The van der Waals surface area contributed by atoms with E-state index < -0.39 is 5.97 Å². The number of esters is 1. The minimum Gasteiger partial charge on any atom is -0.464 e. The average Bonchev–Trinajstić information content (AvgIpc) is 3.12. The van der Waals surface area contributed by atoms with Crippen LogP contribution in [-0.4, -0.2) is 30.1 Å². The molecule has 1 heterocycles. The third-order valence-corrected chi connectivity index (χ3v) is 6.77. The zero-order valence-corrected chi connectivity index (χ0v) is 22.4. The second kappa shape index (κ2) is 12.2. The Bertz CT molecular complexity index is 1020. The number of nitrogens with zero attached hydrogens (tertiary/aromatic N) is 1. The van der Waals surface area contributed by atoms with Gasteiger partial charge in [0.15, 0.2) is 0 Å². The van der Waals surface area contributed by atoms with Crippen molar-refractivity contribution in [1.82, 2.24) is 5.16 Å². The first-order chi connectivity index (χ1) is 16.6. The molecule has 192 valence electrons. The molecule has 35 heavy (non-hydrogen) atoms. The van der Waals surface area contributed by atoms with Crippen LogP contribution in [0.1, 0.15) is 87.4 Å². The van der Waals surface area contributed by atoms with E-state index in [1.165, 1.54) is 6.42 Å². The molecule has 0 bridgehead atoms. The van der Waals surface area contributed by atoms with Gasteiger partial charge in [-0.15, -0.1) is 0 Å². The van der Waals surface area contributed by atoms with Crippen LogP contribution in [0.4, 0.5) is 0 Å². The first kappa shape index (κ1) is 27.4. The molecule has 3 rings (SSSR count). The second-order valence-corrected chi connectivity index (χ2v) is 11.3. The Hall–Kier alpha value is -2.18. The van der Waals surface area contributed by atoms with Crippen LogP contribution in [0.5, 0.6) is 0 Å². The molecular formula is C28H38ClNO5. The van der Waals surface area contributed by atoms with Gasteiger partial charge in [-0.2, -0.15) is 0 Å². The predicted molar refractivity (Wildman–Crippen MR) is 136 cm³/mol. The number of benzene rings is 1. The van der Waals surface area contributed by atoms with E-state index in [1.54, 1.807) is 6.92 Å². The average molecular weight is 504 g/mol. The maximum atomic E-state index is 12.7. The van der Waals surface area contributed by atoms with Gasteiger partial charge in [-0.05, 0) is 61.6 Å². The summed E-state index contributed by atoms with van der Waals surface area (Å²) in [6, 6.07) is 5.74. The maximum absolute atomic E-state index is 12.7. The number of aryl methyl sites for hydroxylation is 2. The second-order valence-electron chi connectivity index (χ2n) is 10.9. The van der Waals surface area contributed by atoms with Gasteiger partial charge in [0.05, 0.1) is 18.9 Å². The van der Waals surface area contributed by atoms with Crippen molar-refractivity contribution in [2.24, 2.45) is 11.3 Å². The van der Waals surface area contributed by atoms with Crippen LogP contribution in [-0.2, 0) is 38.5 Å². The van der Waals surface area contributed by atoms with Crippen molar-refractivity contribution >= 4 is 23.4 Å². The number of halogens is 1. The van der Waals surface area contributed by atoms with E-state index in [1.807, 2.05) is 25.1 Å². The SMILES string of the molecule is CCOC(=O)COCc1c(CCC(=O)Cc2ccc(C)cc2Cl)noc1C1CC(CC(C)(C)C)C1. The molecule has 1 aromatic heterocycles. The van der Waals surface area contributed by atoms with Crippen LogP contribution in [0.2, 0.25) is 5.02 Å². The van der Waals surface area contributed by atoms with E-state index in [9.17, 15) is 9.59 Å². The molecule has 0 unspecified atom stereocenters. The number of carbonyl (C=O) groups is 2. The Morgan fingerprint density at radius 1 is 1.23 bits per heavy atom. The van der Waals surface area contributed by atoms with E-state index in [0.29, 0.717) is 41.7 Å². The smallest absolute Gasteiger partial charge is 0.332 e. The van der Waals surface area contributed by atoms with E-state index in [4.69, 9.17) is 25.6 Å². The van der Waals surface area contributed by atoms with Gasteiger partial charge in [0.25, 0.3) is 0 Å². The van der Waals surface area contributed by atoms with Crippen molar-refractivity contribution in [3.63, 3.8) is 0 Å². The Morgan fingerprint density at radius 3 is 2.63 bits per heavy atom. The lowest BCUT2D eigenvalue weighted by molar-refractivity contribution is -0.148. The van der Waals surface area contributed by atoms with Gasteiger partial charge in [-0.25, -0.2) is 4.79 Å². The van der Waals surface area contributed by atoms with Crippen LogP contribution in [0.15, 0.2) is 22.7 Å². The van der Waals surface area contributed by atoms with Crippen LogP contribution in [0.3, 0.4) is 0 Å². The maximum Gasteiger partial charge on any atom is 0.332 e. The Kier molecular flexibility index (Phi) is 9.54. The molecule has 0 radical (unpaired) electrons. The minimum atomic E-state index is -0.397. The molecule has 1 aliphatic rings. The highest BCUT2D eigenvalue weighted by Gasteiger charge is 2.37. The standard InChI is InChI=1S/C28H38ClNO5/c1-6-34-26(32)17-33-16-23-25(10-9-22(31)14-20-8-7-18(2)11-24(20)29)30-35-27(23)21-12-19(13-21)15-28(3,4)5/h7-8,11,19,21H,6,9-10,12-17H2,1-5H3. The summed E-state index contributed by atoms with van der Waals surface area (Å²) in [5.41, 5.74) is 3.80. The summed E-state index contributed by atoms with van der Waals surface area (Å²) in [4.78, 5) is 24.4. The molecule has 2 aromatic rings. The van der Waals surface area contributed by atoms with E-state index >= 15 is 0 Å². The zero-order valence-electron chi connectivity index (χ0n) is 21.6. The van der Waals surface area contributed by atoms with Crippen molar-refractivity contribution in [1.29, 1.82) is 0 Å². The van der Waals surface area contributed by atoms with Crippen LogP contribution in [0, 0.1) is 18.3 Å².